The van der Waals surface area contributed by atoms with Crippen molar-refractivity contribution in [3.8, 4) is 11.3 Å². The molecule has 2 aliphatic rings. The summed E-state index contributed by atoms with van der Waals surface area (Å²) in [6.45, 7) is 4.97. The third kappa shape index (κ3) is 3.14. The zero-order valence-corrected chi connectivity index (χ0v) is 19.2. The number of imidazole rings is 2. The van der Waals surface area contributed by atoms with Gasteiger partial charge in [-0.15, -0.1) is 0 Å². The lowest BCUT2D eigenvalue weighted by molar-refractivity contribution is -0.0538. The van der Waals surface area contributed by atoms with Crippen LogP contribution in [0.4, 0.5) is 0 Å². The smallest absolute Gasteiger partial charge is 0.260 e. The van der Waals surface area contributed by atoms with Crippen LogP contribution in [0.3, 0.4) is 0 Å². The van der Waals surface area contributed by atoms with Crippen LogP contribution in [0.2, 0.25) is 0 Å². The first kappa shape index (κ1) is 21.4. The number of aliphatic hydroxyl groups is 1. The van der Waals surface area contributed by atoms with Crippen LogP contribution >= 0.6 is 0 Å². The Balaban J connectivity index is 1.39. The van der Waals surface area contributed by atoms with Crippen molar-refractivity contribution in [3.63, 3.8) is 0 Å². The van der Waals surface area contributed by atoms with E-state index in [0.717, 1.165) is 12.1 Å². The summed E-state index contributed by atoms with van der Waals surface area (Å²) in [5, 5.41) is 11.8. The van der Waals surface area contributed by atoms with Crippen LogP contribution in [0.5, 0.6) is 0 Å². The van der Waals surface area contributed by atoms with Gasteiger partial charge in [0.2, 0.25) is 0 Å². The standard InChI is InChI=1S/C23H29N5O3S/c1-3-23(8-10-27(11-9-23)32(30,31)20-13-24-14-26-20)22(29)16(2)21-18-7-5-4-6-17(18)19-12-25-15-28(19)21/h4-7,12-16,21-22,29H,3,8-11H2,1-2H3,(H,24,26)/t16-,21-,22+/m0/s1. The summed E-state index contributed by atoms with van der Waals surface area (Å²) >= 11 is 0. The molecular formula is C23H29N5O3S. The molecule has 1 aromatic carbocycles. The van der Waals surface area contributed by atoms with Crippen LogP contribution in [0, 0.1) is 11.3 Å². The molecule has 2 aromatic heterocycles. The van der Waals surface area contributed by atoms with E-state index in [1.165, 1.54) is 28.0 Å². The average molecular weight is 456 g/mol. The van der Waals surface area contributed by atoms with Crippen LogP contribution in [-0.2, 0) is 10.0 Å². The fourth-order valence-corrected chi connectivity index (χ4v) is 7.03. The largest absolute Gasteiger partial charge is 0.392 e. The van der Waals surface area contributed by atoms with Gasteiger partial charge in [0.05, 0.1) is 42.9 Å². The number of aromatic nitrogens is 4. The summed E-state index contributed by atoms with van der Waals surface area (Å²) in [7, 11) is -3.59. The van der Waals surface area contributed by atoms with Gasteiger partial charge in [-0.3, -0.25) is 0 Å². The Hall–Kier alpha value is -2.49. The van der Waals surface area contributed by atoms with Gasteiger partial charge >= 0.3 is 0 Å². The lowest BCUT2D eigenvalue weighted by atomic mass is 9.67. The fraction of sp³-hybridized carbons (Fsp3) is 0.478. The number of H-pyrrole nitrogens is 1. The van der Waals surface area contributed by atoms with Crippen molar-refractivity contribution in [2.24, 2.45) is 11.3 Å². The van der Waals surface area contributed by atoms with Gasteiger partial charge in [-0.2, -0.15) is 4.31 Å². The number of aliphatic hydroxyl groups excluding tert-OH is 1. The molecule has 1 saturated heterocycles. The quantitative estimate of drug-likeness (QED) is 0.595. The number of nitrogens with one attached hydrogen (secondary N) is 1. The van der Waals surface area contributed by atoms with E-state index in [2.05, 4.69) is 45.5 Å². The molecule has 4 heterocycles. The van der Waals surface area contributed by atoms with Crippen LogP contribution in [0.25, 0.3) is 11.3 Å². The maximum absolute atomic E-state index is 12.9. The third-order valence-electron chi connectivity index (χ3n) is 7.66. The molecule has 3 atom stereocenters. The fourth-order valence-electron chi connectivity index (χ4n) is 5.69. The highest BCUT2D eigenvalue weighted by molar-refractivity contribution is 7.89. The monoisotopic (exact) mass is 455 g/mol. The molecular weight excluding hydrogens is 426 g/mol. The van der Waals surface area contributed by atoms with Crippen molar-refractivity contribution < 1.29 is 13.5 Å². The van der Waals surface area contributed by atoms with E-state index < -0.39 is 16.1 Å². The Labute approximate surface area is 188 Å². The van der Waals surface area contributed by atoms with Gasteiger partial charge in [-0.25, -0.2) is 18.4 Å². The minimum absolute atomic E-state index is 0.00822. The second kappa shape index (κ2) is 7.83. The number of rotatable bonds is 6. The lowest BCUT2D eigenvalue weighted by Crippen LogP contribution is -2.50. The van der Waals surface area contributed by atoms with E-state index in [4.69, 9.17) is 0 Å². The highest BCUT2D eigenvalue weighted by Gasteiger charge is 2.47. The van der Waals surface area contributed by atoms with Gasteiger partial charge in [0.15, 0.2) is 5.03 Å². The first-order valence-electron chi connectivity index (χ1n) is 11.2. The van der Waals surface area contributed by atoms with Gasteiger partial charge in [0.1, 0.15) is 0 Å². The molecule has 5 rings (SSSR count). The highest BCUT2D eigenvalue weighted by atomic mass is 32.2. The number of hydrogen-bond acceptors (Lipinski definition) is 5. The van der Waals surface area contributed by atoms with Gasteiger partial charge in [0.25, 0.3) is 10.0 Å². The zero-order valence-electron chi connectivity index (χ0n) is 18.3. The molecule has 3 aromatic rings. The normalized spacial score (nSPS) is 22.3. The van der Waals surface area contributed by atoms with Gasteiger partial charge in [-0.1, -0.05) is 38.1 Å². The number of fused-ring (bicyclic) bond motifs is 3. The Morgan fingerprint density at radius 3 is 2.66 bits per heavy atom. The Bertz CT molecular complexity index is 1200. The summed E-state index contributed by atoms with van der Waals surface area (Å²) in [6.07, 6.45) is 7.91. The molecule has 32 heavy (non-hydrogen) atoms. The summed E-state index contributed by atoms with van der Waals surface area (Å²) in [5.74, 6) is -0.0534. The number of benzene rings is 1. The predicted molar refractivity (Wildman–Crippen MR) is 120 cm³/mol. The Kier molecular flexibility index (Phi) is 5.22. The molecule has 1 fully saturated rings. The molecule has 0 spiro atoms. The maximum atomic E-state index is 12.9. The molecule has 0 unspecified atom stereocenters. The third-order valence-corrected chi connectivity index (χ3v) is 9.48. The van der Waals surface area contributed by atoms with Crippen molar-refractivity contribution in [2.75, 3.05) is 13.1 Å². The molecule has 2 N–H and O–H groups in total. The second-order valence-electron chi connectivity index (χ2n) is 9.06. The molecule has 0 bridgehead atoms. The average Bonchev–Trinajstić information content (AvgIpc) is 3.56. The van der Waals surface area contributed by atoms with Crippen LogP contribution < -0.4 is 0 Å². The van der Waals surface area contributed by atoms with Crippen molar-refractivity contribution in [1.82, 2.24) is 23.8 Å². The lowest BCUT2D eigenvalue weighted by Gasteiger charge is -2.46. The van der Waals surface area contributed by atoms with E-state index >= 15 is 0 Å². The molecule has 9 heteroatoms. The number of nitrogens with zero attached hydrogens (tertiary/aromatic N) is 4. The van der Waals surface area contributed by atoms with Crippen molar-refractivity contribution in [2.45, 2.75) is 50.3 Å². The molecule has 0 radical (unpaired) electrons. The van der Waals surface area contributed by atoms with E-state index in [9.17, 15) is 13.5 Å². The van der Waals surface area contributed by atoms with Gasteiger partial charge in [0, 0.05) is 24.6 Å². The molecule has 8 nitrogen and oxygen atoms in total. The molecule has 2 aliphatic heterocycles. The van der Waals surface area contributed by atoms with Crippen molar-refractivity contribution in [3.05, 3.63) is 54.9 Å². The first-order valence-corrected chi connectivity index (χ1v) is 12.6. The summed E-state index contributed by atoms with van der Waals surface area (Å²) < 4.78 is 29.4. The van der Waals surface area contributed by atoms with Crippen LogP contribution in [0.1, 0.15) is 44.7 Å². The summed E-state index contributed by atoms with van der Waals surface area (Å²) in [4.78, 5) is 10.9. The molecule has 0 saturated carbocycles. The summed E-state index contributed by atoms with van der Waals surface area (Å²) in [5.41, 5.74) is 3.12. The molecule has 170 valence electrons. The molecule has 0 amide bonds. The predicted octanol–water partition coefficient (Wildman–Crippen LogP) is 3.05. The first-order chi connectivity index (χ1) is 15.4. The topological polar surface area (TPSA) is 104 Å². The maximum Gasteiger partial charge on any atom is 0.260 e. The second-order valence-corrected chi connectivity index (χ2v) is 11.0. The zero-order chi connectivity index (χ0) is 22.5. The minimum Gasteiger partial charge on any atom is -0.392 e. The number of hydrogen-bond donors (Lipinski definition) is 2. The number of sulfonamides is 1. The van der Waals surface area contributed by atoms with Crippen molar-refractivity contribution in [1.29, 1.82) is 0 Å². The van der Waals surface area contributed by atoms with E-state index in [1.54, 1.807) is 0 Å². The number of aromatic amines is 1. The van der Waals surface area contributed by atoms with E-state index in [-0.39, 0.29) is 22.4 Å². The van der Waals surface area contributed by atoms with Gasteiger partial charge < -0.3 is 14.7 Å². The molecule has 0 aliphatic carbocycles. The highest BCUT2D eigenvalue weighted by Crippen LogP contribution is 2.49. The Morgan fingerprint density at radius 1 is 1.22 bits per heavy atom. The van der Waals surface area contributed by atoms with Crippen molar-refractivity contribution >= 4 is 10.0 Å². The van der Waals surface area contributed by atoms with E-state index in [0.29, 0.717) is 25.9 Å². The van der Waals surface area contributed by atoms with Crippen LogP contribution in [0.15, 0.2) is 54.3 Å². The van der Waals surface area contributed by atoms with E-state index in [1.807, 2.05) is 24.7 Å². The number of piperidine rings is 1. The van der Waals surface area contributed by atoms with Crippen LogP contribution in [-0.4, -0.2) is 56.5 Å². The minimum atomic E-state index is -3.59. The van der Waals surface area contributed by atoms with Gasteiger partial charge in [-0.05, 0) is 30.2 Å². The SMILES string of the molecule is CCC1([C@H](O)[C@@H](C)[C@H]2c3ccccc3-c3cncn32)CCN(S(=O)(=O)c2cnc[nH]2)CC1. The Morgan fingerprint density at radius 2 is 1.97 bits per heavy atom. The summed E-state index contributed by atoms with van der Waals surface area (Å²) in [6, 6.07) is 8.32.